The molecule has 1 aromatic heterocycles. The number of cyclic esters (lactones) is 1. The van der Waals surface area contributed by atoms with Crippen LogP contribution in [-0.4, -0.2) is 58.2 Å². The molecule has 5 rings (SSSR count). The highest BCUT2D eigenvalue weighted by Gasteiger charge is 2.37. The average Bonchev–Trinajstić information content (AvgIpc) is 3.23. The fourth-order valence-electron chi connectivity index (χ4n) is 4.48. The van der Waals surface area contributed by atoms with Gasteiger partial charge in [-0.15, -0.1) is 0 Å². The largest absolute Gasteiger partial charge is 0.495 e. The molecule has 0 saturated carbocycles. The first-order valence-electron chi connectivity index (χ1n) is 11.8. The minimum Gasteiger partial charge on any atom is -0.495 e. The lowest BCUT2D eigenvalue weighted by Gasteiger charge is -2.29. The van der Waals surface area contributed by atoms with Crippen molar-refractivity contribution >= 4 is 41.4 Å². The summed E-state index contributed by atoms with van der Waals surface area (Å²) in [5, 5.41) is 17.5. The Morgan fingerprint density at radius 3 is 2.81 bits per heavy atom. The summed E-state index contributed by atoms with van der Waals surface area (Å²) in [5.41, 5.74) is 3.27. The zero-order valence-electron chi connectivity index (χ0n) is 20.6. The van der Waals surface area contributed by atoms with Crippen LogP contribution in [0.15, 0.2) is 48.0 Å². The zero-order chi connectivity index (χ0) is 26.1. The van der Waals surface area contributed by atoms with Gasteiger partial charge in [0, 0.05) is 17.3 Å². The molecule has 0 radical (unpaired) electrons. The van der Waals surface area contributed by atoms with Crippen LogP contribution >= 0.6 is 11.6 Å². The molecule has 192 valence electrons. The average molecular weight is 523 g/mol. The first-order chi connectivity index (χ1) is 17.8. The highest BCUT2D eigenvalue weighted by Crippen LogP contribution is 2.36. The fraction of sp³-hybridized carbons (Fsp3) is 0.308. The third kappa shape index (κ3) is 5.16. The molecule has 3 N–H and O–H groups in total. The number of carbonyl (C=O) groups excluding carboxylic acids is 1. The number of carbonyl (C=O) groups is 1. The van der Waals surface area contributed by atoms with Crippen molar-refractivity contribution in [2.24, 2.45) is 0 Å². The number of amides is 1. The van der Waals surface area contributed by atoms with Gasteiger partial charge < -0.3 is 25.2 Å². The molecule has 2 aromatic carbocycles. The molecule has 0 aliphatic carbocycles. The van der Waals surface area contributed by atoms with E-state index in [1.807, 2.05) is 43.3 Å². The Morgan fingerprint density at radius 2 is 2.05 bits per heavy atom. The quantitative estimate of drug-likeness (QED) is 0.422. The molecule has 0 bridgehead atoms. The van der Waals surface area contributed by atoms with Gasteiger partial charge in [0.1, 0.15) is 24.4 Å². The molecule has 3 heterocycles. The highest BCUT2D eigenvalue weighted by atomic mass is 35.5. The Morgan fingerprint density at radius 1 is 1.27 bits per heavy atom. The number of rotatable bonds is 7. The van der Waals surface area contributed by atoms with Crippen LogP contribution in [0.2, 0.25) is 5.02 Å². The van der Waals surface area contributed by atoms with Gasteiger partial charge in [-0.3, -0.25) is 0 Å². The molecule has 1 unspecified atom stereocenters. The SMILES string of the molecule is COc1cc2c(cc1Cl)C=C([C@H](C)Nc1nc(C)nc(N3C(=O)OC[C@@H]3Cc3ccccc3)n1)C(O)N2. The predicted octanol–water partition coefficient (Wildman–Crippen LogP) is 4.04. The van der Waals surface area contributed by atoms with Crippen LogP contribution in [0.25, 0.3) is 6.08 Å². The number of anilines is 3. The minimum absolute atomic E-state index is 0.214. The second-order valence-electron chi connectivity index (χ2n) is 8.93. The smallest absolute Gasteiger partial charge is 0.417 e. The van der Waals surface area contributed by atoms with E-state index < -0.39 is 12.3 Å². The number of hydrogen-bond acceptors (Lipinski definition) is 9. The molecule has 3 aromatic rings. The van der Waals surface area contributed by atoms with Gasteiger partial charge in [-0.05, 0) is 43.5 Å². The molecular weight excluding hydrogens is 496 g/mol. The van der Waals surface area contributed by atoms with Gasteiger partial charge in [0.2, 0.25) is 11.9 Å². The molecule has 37 heavy (non-hydrogen) atoms. The molecule has 0 spiro atoms. The van der Waals surface area contributed by atoms with E-state index in [4.69, 9.17) is 21.1 Å². The fourth-order valence-corrected chi connectivity index (χ4v) is 4.73. The molecular formula is C26H27ClN6O4. The second kappa shape index (κ2) is 10.2. The van der Waals surface area contributed by atoms with Crippen LogP contribution in [0.3, 0.4) is 0 Å². The Hall–Kier alpha value is -3.89. The lowest BCUT2D eigenvalue weighted by atomic mass is 9.98. The number of aliphatic hydroxyl groups excluding tert-OH is 1. The lowest BCUT2D eigenvalue weighted by Crippen LogP contribution is -2.37. The van der Waals surface area contributed by atoms with E-state index in [0.717, 1.165) is 11.1 Å². The van der Waals surface area contributed by atoms with Crippen molar-refractivity contribution in [3.63, 3.8) is 0 Å². The number of nitrogens with zero attached hydrogens (tertiary/aromatic N) is 4. The van der Waals surface area contributed by atoms with Crippen molar-refractivity contribution in [3.05, 3.63) is 70.0 Å². The highest BCUT2D eigenvalue weighted by molar-refractivity contribution is 6.32. The van der Waals surface area contributed by atoms with E-state index in [2.05, 4.69) is 25.6 Å². The zero-order valence-corrected chi connectivity index (χ0v) is 21.4. The van der Waals surface area contributed by atoms with E-state index in [1.54, 1.807) is 19.1 Å². The van der Waals surface area contributed by atoms with Crippen molar-refractivity contribution < 1.29 is 19.4 Å². The summed E-state index contributed by atoms with van der Waals surface area (Å²) < 4.78 is 10.6. The maximum atomic E-state index is 12.6. The van der Waals surface area contributed by atoms with E-state index in [1.165, 1.54) is 12.0 Å². The van der Waals surface area contributed by atoms with Gasteiger partial charge in [-0.25, -0.2) is 9.69 Å². The normalized spacial score (nSPS) is 19.4. The third-order valence-corrected chi connectivity index (χ3v) is 6.62. The van der Waals surface area contributed by atoms with Crippen LogP contribution in [0.4, 0.5) is 22.4 Å². The van der Waals surface area contributed by atoms with Gasteiger partial charge >= 0.3 is 6.09 Å². The number of hydrogen-bond donors (Lipinski definition) is 3. The number of ether oxygens (including phenoxy) is 2. The summed E-state index contributed by atoms with van der Waals surface area (Å²) in [7, 11) is 1.54. The van der Waals surface area contributed by atoms with Gasteiger partial charge in [0.15, 0.2) is 0 Å². The van der Waals surface area contributed by atoms with Crippen LogP contribution in [0.5, 0.6) is 5.75 Å². The predicted molar refractivity (Wildman–Crippen MR) is 141 cm³/mol. The summed E-state index contributed by atoms with van der Waals surface area (Å²) in [4.78, 5) is 27.4. The molecule has 11 heteroatoms. The molecule has 10 nitrogen and oxygen atoms in total. The van der Waals surface area contributed by atoms with Gasteiger partial charge in [-0.2, -0.15) is 15.0 Å². The summed E-state index contributed by atoms with van der Waals surface area (Å²) in [5.74, 6) is 1.45. The van der Waals surface area contributed by atoms with Crippen molar-refractivity contribution in [1.82, 2.24) is 15.0 Å². The van der Waals surface area contributed by atoms with E-state index >= 15 is 0 Å². The Kier molecular flexibility index (Phi) is 6.86. The maximum Gasteiger partial charge on any atom is 0.417 e. The molecule has 3 atom stereocenters. The number of methoxy groups -OCH3 is 1. The first-order valence-corrected chi connectivity index (χ1v) is 12.2. The number of aliphatic hydroxyl groups is 1. The first kappa shape index (κ1) is 24.8. The summed E-state index contributed by atoms with van der Waals surface area (Å²) in [6.07, 6.45) is 1.02. The molecule has 1 saturated heterocycles. The number of aromatic nitrogens is 3. The van der Waals surface area contributed by atoms with Gasteiger partial charge in [0.05, 0.1) is 24.2 Å². The summed E-state index contributed by atoms with van der Waals surface area (Å²) >= 11 is 6.30. The summed E-state index contributed by atoms with van der Waals surface area (Å²) in [6, 6.07) is 12.8. The molecule has 2 aliphatic rings. The molecule has 1 fully saturated rings. The number of fused-ring (bicyclic) bond motifs is 1. The van der Waals surface area contributed by atoms with Crippen molar-refractivity contribution in [3.8, 4) is 5.75 Å². The van der Waals surface area contributed by atoms with Crippen LogP contribution in [0.1, 0.15) is 23.9 Å². The molecule has 1 amide bonds. The van der Waals surface area contributed by atoms with Gasteiger partial charge in [0.25, 0.3) is 0 Å². The monoisotopic (exact) mass is 522 g/mol. The van der Waals surface area contributed by atoms with Crippen molar-refractivity contribution in [1.29, 1.82) is 0 Å². The second-order valence-corrected chi connectivity index (χ2v) is 9.34. The number of nitrogens with one attached hydrogen (secondary N) is 2. The van der Waals surface area contributed by atoms with Crippen LogP contribution in [-0.2, 0) is 11.2 Å². The van der Waals surface area contributed by atoms with Crippen LogP contribution in [0, 0.1) is 6.92 Å². The Balaban J connectivity index is 1.38. The van der Waals surface area contributed by atoms with Crippen LogP contribution < -0.4 is 20.3 Å². The Bertz CT molecular complexity index is 1350. The maximum absolute atomic E-state index is 12.6. The topological polar surface area (TPSA) is 122 Å². The molecule has 2 aliphatic heterocycles. The van der Waals surface area contributed by atoms with Gasteiger partial charge in [-0.1, -0.05) is 41.9 Å². The van der Waals surface area contributed by atoms with E-state index in [-0.39, 0.29) is 30.6 Å². The lowest BCUT2D eigenvalue weighted by molar-refractivity contribution is 0.178. The number of benzene rings is 2. The third-order valence-electron chi connectivity index (χ3n) is 6.33. The van der Waals surface area contributed by atoms with Crippen molar-refractivity contribution in [2.45, 2.75) is 38.6 Å². The standard InChI is InChI=1S/C26H27ClN6O4/c1-14(19-10-17-11-20(27)22(36-3)12-21(17)31-23(19)34)28-24-29-15(2)30-25(32-24)33-18(13-37-26(33)35)9-16-7-5-4-6-8-16/h4-8,10-12,14,18,23,31,34H,9,13H2,1-3H3,(H,28,29,30,32)/t14-,18-,23?/m0/s1. The minimum atomic E-state index is -0.952. The number of aryl methyl sites for hydroxylation is 1. The van der Waals surface area contributed by atoms with Crippen molar-refractivity contribution in [2.75, 3.05) is 29.3 Å². The van der Waals surface area contributed by atoms with E-state index in [9.17, 15) is 9.90 Å². The number of halogens is 1. The Labute approximate surface area is 219 Å². The van der Waals surface area contributed by atoms with E-state index in [0.29, 0.717) is 34.3 Å². The summed E-state index contributed by atoms with van der Waals surface area (Å²) in [6.45, 7) is 3.86.